The van der Waals surface area contributed by atoms with Gasteiger partial charge in [0.1, 0.15) is 0 Å². The van der Waals surface area contributed by atoms with Gasteiger partial charge in [-0.15, -0.1) is 0 Å². The van der Waals surface area contributed by atoms with E-state index < -0.39 is 0 Å². The minimum atomic E-state index is 0.533. The third kappa shape index (κ3) is 3.90. The van der Waals surface area contributed by atoms with E-state index in [2.05, 4.69) is 80.6 Å². The normalized spacial score (nSPS) is 14.3. The highest BCUT2D eigenvalue weighted by Gasteiger charge is 2.11. The van der Waals surface area contributed by atoms with Crippen LogP contribution in [0.15, 0.2) is 72.3 Å². The van der Waals surface area contributed by atoms with Crippen LogP contribution < -0.4 is 0 Å². The Morgan fingerprint density at radius 3 is 2.35 bits per heavy atom. The molecule has 0 saturated carbocycles. The number of aryl methyl sites for hydroxylation is 2. The quantitative estimate of drug-likeness (QED) is 0.401. The number of rotatable bonds is 7. The first-order valence-corrected chi connectivity index (χ1v) is 9.94. The zero-order chi connectivity index (χ0) is 17.9. The Hall–Kier alpha value is -2.34. The summed E-state index contributed by atoms with van der Waals surface area (Å²) in [5.41, 5.74) is 7.43. The van der Waals surface area contributed by atoms with Gasteiger partial charge in [0.2, 0.25) is 0 Å². The fraction of sp³-hybridized carbons (Fsp3) is 0.308. The van der Waals surface area contributed by atoms with Crippen molar-refractivity contribution in [2.45, 2.75) is 51.9 Å². The zero-order valence-electron chi connectivity index (χ0n) is 16.0. The molecule has 26 heavy (non-hydrogen) atoms. The number of allylic oxidation sites excluding steroid dienone is 2. The summed E-state index contributed by atoms with van der Waals surface area (Å²) in [7, 11) is 0. The first-order chi connectivity index (χ1) is 12.7. The molecule has 4 rings (SSSR count). The van der Waals surface area contributed by atoms with E-state index in [-0.39, 0.29) is 0 Å². The van der Waals surface area contributed by atoms with E-state index in [1.807, 2.05) is 0 Å². The van der Waals surface area contributed by atoms with Crippen molar-refractivity contribution >= 4 is 10.8 Å². The van der Waals surface area contributed by atoms with Crippen LogP contribution in [0, 0.1) is 6.92 Å². The van der Waals surface area contributed by atoms with Gasteiger partial charge in [0.05, 0.1) is 0 Å². The Bertz CT molecular complexity index is 923. The molecule has 0 saturated heterocycles. The minimum Gasteiger partial charge on any atom is -0.0810 e. The van der Waals surface area contributed by atoms with Gasteiger partial charge < -0.3 is 0 Å². The number of fused-ring (bicyclic) bond motifs is 1. The van der Waals surface area contributed by atoms with E-state index in [1.54, 1.807) is 5.57 Å². The smallest absolute Gasteiger partial charge is 0.0122 e. The van der Waals surface area contributed by atoms with Gasteiger partial charge in [-0.25, -0.2) is 0 Å². The van der Waals surface area contributed by atoms with Crippen molar-refractivity contribution < 1.29 is 0 Å². The first kappa shape index (κ1) is 17.1. The molecule has 0 heteroatoms. The summed E-state index contributed by atoms with van der Waals surface area (Å²) < 4.78 is 0. The summed E-state index contributed by atoms with van der Waals surface area (Å²) in [6, 6.07) is 22.7. The lowest BCUT2D eigenvalue weighted by Gasteiger charge is -2.16. The molecule has 132 valence electrons. The highest BCUT2D eigenvalue weighted by molar-refractivity contribution is 5.88. The topological polar surface area (TPSA) is 0 Å². The molecule has 3 aromatic rings. The second-order valence-corrected chi connectivity index (χ2v) is 7.86. The molecule has 0 radical (unpaired) electrons. The van der Waals surface area contributed by atoms with Gasteiger partial charge in [0.25, 0.3) is 0 Å². The zero-order valence-corrected chi connectivity index (χ0v) is 16.0. The molecule has 1 aliphatic carbocycles. The van der Waals surface area contributed by atoms with Crippen LogP contribution in [-0.2, 0) is 12.8 Å². The van der Waals surface area contributed by atoms with Gasteiger partial charge in [-0.05, 0) is 78.0 Å². The molecular formula is C26H28. The van der Waals surface area contributed by atoms with Crippen molar-refractivity contribution in [3.8, 4) is 0 Å². The predicted octanol–water partition coefficient (Wildman–Crippen LogP) is 7.15. The average Bonchev–Trinajstić information content (AvgIpc) is 3.47. The molecule has 1 atom stereocenters. The van der Waals surface area contributed by atoms with Crippen molar-refractivity contribution in [2.24, 2.45) is 0 Å². The van der Waals surface area contributed by atoms with Crippen LogP contribution in [0.4, 0.5) is 0 Å². The third-order valence-corrected chi connectivity index (χ3v) is 5.73. The van der Waals surface area contributed by atoms with E-state index in [0.29, 0.717) is 5.92 Å². The van der Waals surface area contributed by atoms with E-state index in [9.17, 15) is 0 Å². The molecule has 0 aromatic heterocycles. The average molecular weight is 341 g/mol. The summed E-state index contributed by atoms with van der Waals surface area (Å²) in [4.78, 5) is 0. The minimum absolute atomic E-state index is 0.533. The van der Waals surface area contributed by atoms with Gasteiger partial charge in [-0.2, -0.15) is 0 Å². The molecule has 3 aromatic carbocycles. The molecular weight excluding hydrogens is 312 g/mol. The lowest BCUT2D eigenvalue weighted by molar-refractivity contribution is 0.760. The summed E-state index contributed by atoms with van der Waals surface area (Å²) in [5.74, 6) is 0.533. The Labute approximate surface area is 157 Å². The van der Waals surface area contributed by atoms with Crippen LogP contribution in [0.3, 0.4) is 0 Å². The molecule has 1 aliphatic rings. The highest BCUT2D eigenvalue weighted by Crippen LogP contribution is 2.29. The maximum atomic E-state index is 2.35. The molecule has 0 N–H and O–H groups in total. The van der Waals surface area contributed by atoms with Crippen LogP contribution >= 0.6 is 0 Å². The number of hydrogen-bond donors (Lipinski definition) is 0. The highest BCUT2D eigenvalue weighted by atomic mass is 14.2. The maximum Gasteiger partial charge on any atom is -0.0122 e. The van der Waals surface area contributed by atoms with Crippen LogP contribution in [-0.4, -0.2) is 0 Å². The van der Waals surface area contributed by atoms with E-state index >= 15 is 0 Å². The van der Waals surface area contributed by atoms with E-state index in [0.717, 1.165) is 6.42 Å². The Kier molecular flexibility index (Phi) is 4.93. The monoisotopic (exact) mass is 340 g/mol. The SMILES string of the molecule is Cc1cccc2cccc(CC(C)c3ccc(CCCC4=CC4)cc3)c12. The fourth-order valence-electron chi connectivity index (χ4n) is 4.05. The lowest BCUT2D eigenvalue weighted by atomic mass is 9.89. The number of hydrogen-bond acceptors (Lipinski definition) is 0. The van der Waals surface area contributed by atoms with Gasteiger partial charge in [0.15, 0.2) is 0 Å². The maximum absolute atomic E-state index is 2.35. The Balaban J connectivity index is 1.46. The summed E-state index contributed by atoms with van der Waals surface area (Å²) in [5, 5.41) is 2.80. The van der Waals surface area contributed by atoms with Gasteiger partial charge in [-0.3, -0.25) is 0 Å². The van der Waals surface area contributed by atoms with Crippen LogP contribution in [0.2, 0.25) is 0 Å². The van der Waals surface area contributed by atoms with Crippen LogP contribution in [0.25, 0.3) is 10.8 Å². The molecule has 0 heterocycles. The van der Waals surface area contributed by atoms with Gasteiger partial charge in [0, 0.05) is 0 Å². The lowest BCUT2D eigenvalue weighted by Crippen LogP contribution is -2.00. The van der Waals surface area contributed by atoms with Crippen molar-refractivity contribution in [1.82, 2.24) is 0 Å². The summed E-state index contributed by atoms with van der Waals surface area (Å²) in [6.07, 6.45) is 8.49. The molecule has 0 nitrogen and oxygen atoms in total. The van der Waals surface area contributed by atoms with Crippen LogP contribution in [0.1, 0.15) is 54.4 Å². The third-order valence-electron chi connectivity index (χ3n) is 5.73. The summed E-state index contributed by atoms with van der Waals surface area (Å²) in [6.45, 7) is 4.58. The molecule has 0 bridgehead atoms. The van der Waals surface area contributed by atoms with Crippen molar-refractivity contribution in [1.29, 1.82) is 0 Å². The van der Waals surface area contributed by atoms with E-state index in [4.69, 9.17) is 0 Å². The largest absolute Gasteiger partial charge is 0.0810 e. The summed E-state index contributed by atoms with van der Waals surface area (Å²) >= 11 is 0. The second-order valence-electron chi connectivity index (χ2n) is 7.86. The van der Waals surface area contributed by atoms with Crippen molar-refractivity contribution in [2.75, 3.05) is 0 Å². The van der Waals surface area contributed by atoms with Gasteiger partial charge in [-0.1, -0.05) is 79.2 Å². The second kappa shape index (κ2) is 7.50. The molecule has 1 unspecified atom stereocenters. The molecule has 0 fully saturated rings. The molecule has 0 aliphatic heterocycles. The predicted molar refractivity (Wildman–Crippen MR) is 113 cm³/mol. The fourth-order valence-corrected chi connectivity index (χ4v) is 4.05. The van der Waals surface area contributed by atoms with Crippen LogP contribution in [0.5, 0.6) is 0 Å². The van der Waals surface area contributed by atoms with Gasteiger partial charge >= 0.3 is 0 Å². The van der Waals surface area contributed by atoms with Crippen molar-refractivity contribution in [3.05, 3.63) is 94.6 Å². The molecule has 0 spiro atoms. The standard InChI is InChI=1S/C26H28/c1-19-6-3-9-24-10-5-11-25(26(19)24)18-20(2)23-16-14-22(15-17-23)8-4-7-21-12-13-21/h3,5-6,9-12,14-17,20H,4,7-8,13,18H2,1-2H3. The molecule has 0 amide bonds. The van der Waals surface area contributed by atoms with Crippen molar-refractivity contribution in [3.63, 3.8) is 0 Å². The number of benzene rings is 3. The Morgan fingerprint density at radius 1 is 0.885 bits per heavy atom. The Morgan fingerprint density at radius 2 is 1.62 bits per heavy atom. The first-order valence-electron chi connectivity index (χ1n) is 9.94. The van der Waals surface area contributed by atoms with E-state index in [1.165, 1.54) is 58.7 Å².